The van der Waals surface area contributed by atoms with Crippen LogP contribution in [0, 0.1) is 5.82 Å². The average molecular weight is 313 g/mol. The first-order valence-electron chi connectivity index (χ1n) is 6.46. The molecule has 114 valence electrons. The van der Waals surface area contributed by atoms with E-state index in [-0.39, 0.29) is 0 Å². The summed E-state index contributed by atoms with van der Waals surface area (Å²) in [6.45, 7) is 1.40. The third-order valence-electron chi connectivity index (χ3n) is 3.15. The SMILES string of the molecule is CN(C)CCn1ncc(Cl)c1C(NN)c1ccncc1F. The molecule has 2 rings (SSSR count). The van der Waals surface area contributed by atoms with Gasteiger partial charge in [0.05, 0.1) is 35.7 Å². The number of pyridine rings is 1. The Hall–Kier alpha value is -1.54. The van der Waals surface area contributed by atoms with Crippen LogP contribution in [0.1, 0.15) is 17.3 Å². The molecule has 0 amide bonds. The number of nitrogens with one attached hydrogen (secondary N) is 1. The molecule has 21 heavy (non-hydrogen) atoms. The molecule has 0 aliphatic rings. The van der Waals surface area contributed by atoms with Crippen molar-refractivity contribution < 1.29 is 4.39 Å². The Morgan fingerprint density at radius 2 is 2.24 bits per heavy atom. The number of hydrogen-bond donors (Lipinski definition) is 2. The normalized spacial score (nSPS) is 12.9. The van der Waals surface area contributed by atoms with Crippen LogP contribution in [0.5, 0.6) is 0 Å². The predicted octanol–water partition coefficient (Wildman–Crippen LogP) is 1.18. The van der Waals surface area contributed by atoms with Gasteiger partial charge in [0, 0.05) is 18.3 Å². The van der Waals surface area contributed by atoms with Gasteiger partial charge in [-0.3, -0.25) is 15.5 Å². The number of rotatable bonds is 6. The maximum Gasteiger partial charge on any atom is 0.146 e. The Kier molecular flexibility index (Phi) is 5.24. The van der Waals surface area contributed by atoms with Crippen LogP contribution in [0.25, 0.3) is 0 Å². The maximum absolute atomic E-state index is 14.0. The largest absolute Gasteiger partial charge is 0.308 e. The summed E-state index contributed by atoms with van der Waals surface area (Å²) in [5, 5.41) is 4.67. The molecule has 2 heterocycles. The monoisotopic (exact) mass is 312 g/mol. The van der Waals surface area contributed by atoms with Crippen molar-refractivity contribution in [2.75, 3.05) is 20.6 Å². The molecule has 0 radical (unpaired) electrons. The fourth-order valence-corrected chi connectivity index (χ4v) is 2.32. The smallest absolute Gasteiger partial charge is 0.146 e. The molecule has 1 atom stereocenters. The van der Waals surface area contributed by atoms with E-state index in [1.54, 1.807) is 10.7 Å². The van der Waals surface area contributed by atoms with Crippen LogP contribution in [-0.2, 0) is 6.54 Å². The highest BCUT2D eigenvalue weighted by Crippen LogP contribution is 2.28. The molecule has 3 N–H and O–H groups in total. The van der Waals surface area contributed by atoms with Crippen LogP contribution in [-0.4, -0.2) is 40.3 Å². The molecular formula is C13H18ClFN6. The summed E-state index contributed by atoms with van der Waals surface area (Å²) < 4.78 is 15.7. The second-order valence-corrected chi connectivity index (χ2v) is 5.31. The van der Waals surface area contributed by atoms with Crippen molar-refractivity contribution in [2.24, 2.45) is 5.84 Å². The van der Waals surface area contributed by atoms with E-state index in [1.165, 1.54) is 12.4 Å². The highest BCUT2D eigenvalue weighted by Gasteiger charge is 2.23. The number of halogens is 2. The van der Waals surface area contributed by atoms with Gasteiger partial charge in [0.25, 0.3) is 0 Å². The van der Waals surface area contributed by atoms with Crippen molar-refractivity contribution in [3.05, 3.63) is 46.8 Å². The Balaban J connectivity index is 2.38. The van der Waals surface area contributed by atoms with Gasteiger partial charge in [-0.15, -0.1) is 0 Å². The Bertz CT molecular complexity index is 600. The second kappa shape index (κ2) is 6.95. The number of aromatic nitrogens is 3. The summed E-state index contributed by atoms with van der Waals surface area (Å²) in [6.07, 6.45) is 4.20. The first kappa shape index (κ1) is 15.8. The van der Waals surface area contributed by atoms with Gasteiger partial charge in [0.2, 0.25) is 0 Å². The van der Waals surface area contributed by atoms with Crippen molar-refractivity contribution in [1.82, 2.24) is 25.1 Å². The van der Waals surface area contributed by atoms with Gasteiger partial charge in [0.15, 0.2) is 0 Å². The standard InChI is InChI=1S/C13H18ClFN6/c1-20(2)5-6-21-13(10(14)7-18-21)12(19-16)9-3-4-17-8-11(9)15/h3-4,7-8,12,19H,5-6,16H2,1-2H3. The van der Waals surface area contributed by atoms with Crippen molar-refractivity contribution in [2.45, 2.75) is 12.6 Å². The molecule has 2 aromatic rings. The van der Waals surface area contributed by atoms with Gasteiger partial charge in [-0.25, -0.2) is 9.82 Å². The first-order chi connectivity index (χ1) is 10.0. The second-order valence-electron chi connectivity index (χ2n) is 4.90. The first-order valence-corrected chi connectivity index (χ1v) is 6.84. The van der Waals surface area contributed by atoms with Gasteiger partial charge in [-0.1, -0.05) is 11.6 Å². The number of likely N-dealkylation sites (N-methyl/N-ethyl adjacent to an activating group) is 1. The summed E-state index contributed by atoms with van der Waals surface area (Å²) in [5.41, 5.74) is 3.61. The zero-order valence-electron chi connectivity index (χ0n) is 11.9. The molecule has 1 unspecified atom stereocenters. The maximum atomic E-state index is 14.0. The lowest BCUT2D eigenvalue weighted by Gasteiger charge is -2.20. The lowest BCUT2D eigenvalue weighted by Crippen LogP contribution is -2.32. The fraction of sp³-hybridized carbons (Fsp3) is 0.385. The lowest BCUT2D eigenvalue weighted by atomic mass is 10.1. The van der Waals surface area contributed by atoms with Crippen LogP contribution >= 0.6 is 11.6 Å². The van der Waals surface area contributed by atoms with E-state index < -0.39 is 11.9 Å². The van der Waals surface area contributed by atoms with E-state index in [0.29, 0.717) is 22.8 Å². The zero-order valence-corrected chi connectivity index (χ0v) is 12.7. The van der Waals surface area contributed by atoms with Crippen molar-refractivity contribution in [3.63, 3.8) is 0 Å². The highest BCUT2D eigenvalue weighted by atomic mass is 35.5. The van der Waals surface area contributed by atoms with E-state index in [4.69, 9.17) is 17.4 Å². The van der Waals surface area contributed by atoms with Gasteiger partial charge < -0.3 is 4.90 Å². The van der Waals surface area contributed by atoms with E-state index in [1.807, 2.05) is 19.0 Å². The molecule has 6 nitrogen and oxygen atoms in total. The van der Waals surface area contributed by atoms with Crippen molar-refractivity contribution in [3.8, 4) is 0 Å². The van der Waals surface area contributed by atoms with Crippen LogP contribution in [0.15, 0.2) is 24.7 Å². The fourth-order valence-electron chi connectivity index (χ4n) is 2.07. The molecule has 0 fully saturated rings. The topological polar surface area (TPSA) is 72.0 Å². The van der Waals surface area contributed by atoms with Crippen molar-refractivity contribution >= 4 is 11.6 Å². The third kappa shape index (κ3) is 3.56. The molecule has 0 bridgehead atoms. The quantitative estimate of drug-likeness (QED) is 0.619. The minimum atomic E-state index is -0.592. The number of nitrogens with two attached hydrogens (primary N) is 1. The van der Waals surface area contributed by atoms with Crippen LogP contribution in [0.2, 0.25) is 5.02 Å². The highest BCUT2D eigenvalue weighted by molar-refractivity contribution is 6.31. The molecule has 8 heteroatoms. The Morgan fingerprint density at radius 1 is 1.48 bits per heavy atom. The van der Waals surface area contributed by atoms with E-state index in [0.717, 1.165) is 12.7 Å². The number of hydrogen-bond acceptors (Lipinski definition) is 5. The van der Waals surface area contributed by atoms with E-state index in [9.17, 15) is 4.39 Å². The van der Waals surface area contributed by atoms with Gasteiger partial charge in [-0.2, -0.15) is 5.10 Å². The molecule has 0 saturated heterocycles. The molecule has 2 aromatic heterocycles. The lowest BCUT2D eigenvalue weighted by molar-refractivity contribution is 0.365. The van der Waals surface area contributed by atoms with Crippen LogP contribution in [0.3, 0.4) is 0 Å². The summed E-state index contributed by atoms with van der Waals surface area (Å²) in [4.78, 5) is 5.77. The number of nitrogens with zero attached hydrogens (tertiary/aromatic N) is 4. The number of hydrazine groups is 1. The van der Waals surface area contributed by atoms with Crippen molar-refractivity contribution in [1.29, 1.82) is 0 Å². The molecule has 0 aliphatic heterocycles. The van der Waals surface area contributed by atoms with Crippen LogP contribution in [0.4, 0.5) is 4.39 Å². The minimum Gasteiger partial charge on any atom is -0.308 e. The summed E-state index contributed by atoms with van der Waals surface area (Å²) in [6, 6.07) is 0.976. The molecule has 0 aliphatic carbocycles. The summed E-state index contributed by atoms with van der Waals surface area (Å²) >= 11 is 6.21. The van der Waals surface area contributed by atoms with Crippen LogP contribution < -0.4 is 11.3 Å². The van der Waals surface area contributed by atoms with E-state index in [2.05, 4.69) is 15.5 Å². The predicted molar refractivity (Wildman–Crippen MR) is 79.2 cm³/mol. The Morgan fingerprint density at radius 3 is 2.86 bits per heavy atom. The molecular weight excluding hydrogens is 295 g/mol. The molecule has 0 spiro atoms. The molecule has 0 aromatic carbocycles. The summed E-state index contributed by atoms with van der Waals surface area (Å²) in [5.74, 6) is 5.16. The molecule has 0 saturated carbocycles. The van der Waals surface area contributed by atoms with E-state index >= 15 is 0 Å². The van der Waals surface area contributed by atoms with Gasteiger partial charge in [-0.05, 0) is 20.2 Å². The summed E-state index contributed by atoms with van der Waals surface area (Å²) in [7, 11) is 3.93. The van der Waals surface area contributed by atoms with Gasteiger partial charge >= 0.3 is 0 Å². The average Bonchev–Trinajstić information content (AvgIpc) is 2.81. The van der Waals surface area contributed by atoms with Gasteiger partial charge in [0.1, 0.15) is 5.82 Å². The third-order valence-corrected chi connectivity index (χ3v) is 3.44. The zero-order chi connectivity index (χ0) is 15.4. The Labute approximate surface area is 127 Å². The minimum absolute atomic E-state index is 0.376.